The number of nitrogens with one attached hydrogen (secondary N) is 1. The second-order valence-corrected chi connectivity index (χ2v) is 5.06. The third kappa shape index (κ3) is 2.76. The van der Waals surface area contributed by atoms with Crippen molar-refractivity contribution in [2.24, 2.45) is 5.92 Å². The van der Waals surface area contributed by atoms with E-state index in [1.54, 1.807) is 6.07 Å². The predicted molar refractivity (Wildman–Crippen MR) is 60.3 cm³/mol. The van der Waals surface area contributed by atoms with Gasteiger partial charge in [-0.05, 0) is 44.3 Å². The summed E-state index contributed by atoms with van der Waals surface area (Å²) in [5, 5.41) is 14.1. The smallest absolute Gasteiger partial charge is 0.316 e. The highest BCUT2D eigenvalue weighted by Crippen LogP contribution is 2.27. The molecule has 1 saturated heterocycles. The van der Waals surface area contributed by atoms with Crippen LogP contribution in [-0.2, 0) is 6.42 Å². The molecule has 1 fully saturated rings. The first-order valence-corrected chi connectivity index (χ1v) is 6.01. The summed E-state index contributed by atoms with van der Waals surface area (Å²) in [7, 11) is 0. The van der Waals surface area contributed by atoms with Gasteiger partial charge in [-0.1, -0.05) is 11.3 Å². The average Bonchev–Trinajstić information content (AvgIpc) is 2.68. The average molecular weight is 226 g/mol. The topological polar surface area (TPSA) is 55.2 Å². The number of nitrogens with zero attached hydrogens (tertiary/aromatic N) is 1. The molecule has 0 spiro atoms. The molecule has 0 amide bonds. The van der Waals surface area contributed by atoms with Gasteiger partial charge in [-0.15, -0.1) is 0 Å². The quantitative estimate of drug-likeness (QED) is 0.635. The molecule has 1 aliphatic heterocycles. The maximum Gasteiger partial charge on any atom is 0.324 e. The summed E-state index contributed by atoms with van der Waals surface area (Å²) in [6.07, 6.45) is 3.43. The lowest BCUT2D eigenvalue weighted by Gasteiger charge is -2.21. The van der Waals surface area contributed by atoms with Crippen LogP contribution in [0.15, 0.2) is 12.1 Å². The molecule has 1 aliphatic rings. The Labute approximate surface area is 92.5 Å². The van der Waals surface area contributed by atoms with Crippen LogP contribution in [0.2, 0.25) is 0 Å². The van der Waals surface area contributed by atoms with Gasteiger partial charge in [-0.3, -0.25) is 10.1 Å². The number of hydrogen-bond donors (Lipinski definition) is 1. The molecule has 1 unspecified atom stereocenters. The van der Waals surface area contributed by atoms with Gasteiger partial charge in [0.15, 0.2) is 0 Å². The molecule has 0 aliphatic carbocycles. The molecule has 0 saturated carbocycles. The van der Waals surface area contributed by atoms with Crippen LogP contribution in [0.3, 0.4) is 0 Å². The summed E-state index contributed by atoms with van der Waals surface area (Å²) in [4.78, 5) is 11.3. The summed E-state index contributed by atoms with van der Waals surface area (Å²) in [5.41, 5.74) is 0. The highest BCUT2D eigenvalue weighted by molar-refractivity contribution is 7.15. The highest BCUT2D eigenvalue weighted by Gasteiger charge is 2.16. The summed E-state index contributed by atoms with van der Waals surface area (Å²) in [6, 6.07) is 3.49. The number of nitro groups is 1. The molecule has 2 heterocycles. The molecule has 0 radical (unpaired) electrons. The van der Waals surface area contributed by atoms with Crippen LogP contribution in [0.25, 0.3) is 0 Å². The first-order valence-electron chi connectivity index (χ1n) is 5.19. The van der Waals surface area contributed by atoms with Crippen LogP contribution in [-0.4, -0.2) is 18.0 Å². The molecule has 0 aromatic carbocycles. The molecule has 82 valence electrons. The maximum absolute atomic E-state index is 10.5. The van der Waals surface area contributed by atoms with Crippen LogP contribution in [0.4, 0.5) is 5.00 Å². The Morgan fingerprint density at radius 2 is 2.47 bits per heavy atom. The molecule has 5 heteroatoms. The second kappa shape index (κ2) is 4.72. The van der Waals surface area contributed by atoms with Crippen molar-refractivity contribution in [3.63, 3.8) is 0 Å². The first-order chi connectivity index (χ1) is 7.25. The van der Waals surface area contributed by atoms with E-state index in [0.29, 0.717) is 5.92 Å². The Balaban J connectivity index is 1.94. The molecular weight excluding hydrogens is 212 g/mol. The van der Waals surface area contributed by atoms with Crippen molar-refractivity contribution >= 4 is 16.3 Å². The Bertz CT molecular complexity index is 345. The van der Waals surface area contributed by atoms with E-state index in [1.165, 1.54) is 24.2 Å². The third-order valence-electron chi connectivity index (χ3n) is 2.72. The minimum absolute atomic E-state index is 0.258. The van der Waals surface area contributed by atoms with E-state index in [4.69, 9.17) is 0 Å². The minimum Gasteiger partial charge on any atom is -0.316 e. The molecule has 1 N–H and O–H groups in total. The Kier molecular flexibility index (Phi) is 3.33. The van der Waals surface area contributed by atoms with Gasteiger partial charge >= 0.3 is 5.00 Å². The lowest BCUT2D eigenvalue weighted by molar-refractivity contribution is -0.380. The van der Waals surface area contributed by atoms with E-state index in [2.05, 4.69) is 5.32 Å². The summed E-state index contributed by atoms with van der Waals surface area (Å²) in [6.45, 7) is 2.16. The molecular formula is C10H14N2O2S. The van der Waals surface area contributed by atoms with Crippen LogP contribution in [0.5, 0.6) is 0 Å². The third-order valence-corrected chi connectivity index (χ3v) is 3.78. The van der Waals surface area contributed by atoms with E-state index in [-0.39, 0.29) is 9.92 Å². The van der Waals surface area contributed by atoms with Gasteiger partial charge in [0.25, 0.3) is 0 Å². The molecule has 15 heavy (non-hydrogen) atoms. The van der Waals surface area contributed by atoms with E-state index >= 15 is 0 Å². The minimum atomic E-state index is -0.312. The Morgan fingerprint density at radius 3 is 3.07 bits per heavy atom. The summed E-state index contributed by atoms with van der Waals surface area (Å²) in [5.74, 6) is 0.650. The van der Waals surface area contributed by atoms with Crippen LogP contribution in [0.1, 0.15) is 17.7 Å². The second-order valence-electron chi connectivity index (χ2n) is 3.91. The number of rotatable bonds is 3. The normalized spacial score (nSPS) is 21.5. The largest absolute Gasteiger partial charge is 0.324 e. The van der Waals surface area contributed by atoms with E-state index < -0.39 is 0 Å². The molecule has 2 rings (SSSR count). The standard InChI is InChI=1S/C10H14N2O2S/c13-12(14)10-4-3-9(15-10)6-8-2-1-5-11-7-8/h3-4,8,11H,1-2,5-7H2. The van der Waals surface area contributed by atoms with Crippen molar-refractivity contribution in [3.8, 4) is 0 Å². The van der Waals surface area contributed by atoms with Gasteiger partial charge in [-0.25, -0.2) is 0 Å². The SMILES string of the molecule is O=[N+]([O-])c1ccc(CC2CCCNC2)s1. The zero-order valence-corrected chi connectivity index (χ0v) is 9.26. The van der Waals surface area contributed by atoms with Gasteiger partial charge in [0, 0.05) is 10.9 Å². The lowest BCUT2D eigenvalue weighted by atomic mass is 9.96. The van der Waals surface area contributed by atoms with Crippen LogP contribution < -0.4 is 5.32 Å². The molecule has 1 atom stereocenters. The van der Waals surface area contributed by atoms with Gasteiger partial charge in [-0.2, -0.15) is 0 Å². The molecule has 0 bridgehead atoms. The molecule has 1 aromatic rings. The van der Waals surface area contributed by atoms with Gasteiger partial charge in [0.05, 0.1) is 4.92 Å². The van der Waals surface area contributed by atoms with Crippen molar-refractivity contribution in [1.82, 2.24) is 5.32 Å². The van der Waals surface area contributed by atoms with Crippen molar-refractivity contribution in [2.75, 3.05) is 13.1 Å². The van der Waals surface area contributed by atoms with Crippen molar-refractivity contribution in [2.45, 2.75) is 19.3 Å². The first kappa shape index (κ1) is 10.6. The number of thiophene rings is 1. The zero-order valence-electron chi connectivity index (χ0n) is 8.44. The number of piperidine rings is 1. The molecule has 1 aromatic heterocycles. The van der Waals surface area contributed by atoms with E-state index in [0.717, 1.165) is 24.4 Å². The highest BCUT2D eigenvalue weighted by atomic mass is 32.1. The van der Waals surface area contributed by atoms with Gasteiger partial charge in [0.1, 0.15) is 0 Å². The monoisotopic (exact) mass is 226 g/mol. The predicted octanol–water partition coefficient (Wildman–Crippen LogP) is 2.20. The fraction of sp³-hybridized carbons (Fsp3) is 0.600. The fourth-order valence-electron chi connectivity index (χ4n) is 1.96. The van der Waals surface area contributed by atoms with Gasteiger partial charge in [0.2, 0.25) is 0 Å². The summed E-state index contributed by atoms with van der Waals surface area (Å²) >= 11 is 1.31. The van der Waals surface area contributed by atoms with E-state index in [1.807, 2.05) is 6.07 Å². The molecule has 4 nitrogen and oxygen atoms in total. The van der Waals surface area contributed by atoms with Crippen molar-refractivity contribution in [3.05, 3.63) is 27.1 Å². The fourth-order valence-corrected chi connectivity index (χ4v) is 2.89. The van der Waals surface area contributed by atoms with Crippen molar-refractivity contribution < 1.29 is 4.92 Å². The van der Waals surface area contributed by atoms with E-state index in [9.17, 15) is 10.1 Å². The Morgan fingerprint density at radius 1 is 1.60 bits per heavy atom. The van der Waals surface area contributed by atoms with Crippen LogP contribution >= 0.6 is 11.3 Å². The lowest BCUT2D eigenvalue weighted by Crippen LogP contribution is -2.30. The number of hydrogen-bond acceptors (Lipinski definition) is 4. The van der Waals surface area contributed by atoms with Crippen molar-refractivity contribution in [1.29, 1.82) is 0 Å². The van der Waals surface area contributed by atoms with Crippen LogP contribution in [0, 0.1) is 16.0 Å². The zero-order chi connectivity index (χ0) is 10.7. The van der Waals surface area contributed by atoms with Gasteiger partial charge < -0.3 is 5.32 Å². The Hall–Kier alpha value is -0.940. The summed E-state index contributed by atoms with van der Waals surface area (Å²) < 4.78 is 0. The maximum atomic E-state index is 10.5.